The third-order valence-electron chi connectivity index (χ3n) is 14.6. The smallest absolute Gasteiger partial charge is 0.101 e. The molecule has 10 heteroatoms. The van der Waals surface area contributed by atoms with Gasteiger partial charge in [-0.05, 0) is 98.7 Å². The van der Waals surface area contributed by atoms with E-state index in [4.69, 9.17) is 5.11 Å². The zero-order valence-corrected chi connectivity index (χ0v) is 29.9. The number of quaternary nitrogens is 1. The second-order valence-electron chi connectivity index (χ2n) is 18.3. The Labute approximate surface area is 285 Å². The molecule has 10 nitrogen and oxygen atoms in total. The Hall–Kier alpha value is -0.400. The number of nitrogens with zero attached hydrogens (tertiary/aromatic N) is 1. The highest BCUT2D eigenvalue weighted by molar-refractivity contribution is 5.08. The molecule has 8 bridgehead atoms. The zero-order valence-electron chi connectivity index (χ0n) is 29.9. The maximum absolute atomic E-state index is 8.39. The van der Waals surface area contributed by atoms with E-state index < -0.39 is 0 Å². The van der Waals surface area contributed by atoms with E-state index in [-0.39, 0.29) is 6.61 Å². The van der Waals surface area contributed by atoms with Gasteiger partial charge >= 0.3 is 0 Å². The quantitative estimate of drug-likeness (QED) is 0.207. The third-order valence-corrected chi connectivity index (χ3v) is 14.6. The van der Waals surface area contributed by atoms with Crippen LogP contribution in [-0.4, -0.2) is 93.2 Å². The van der Waals surface area contributed by atoms with Crippen molar-refractivity contribution >= 4 is 0 Å². The van der Waals surface area contributed by atoms with Crippen molar-refractivity contribution in [1.29, 1.82) is 0 Å². The molecule has 0 aromatic rings. The Kier molecular flexibility index (Phi) is 10.3. The summed E-state index contributed by atoms with van der Waals surface area (Å²) in [5.74, 6) is 5.97. The van der Waals surface area contributed by atoms with Crippen LogP contribution in [0.3, 0.4) is 0 Å². The van der Waals surface area contributed by atoms with Crippen LogP contribution in [0.4, 0.5) is 0 Å². The number of hydrogen-bond acceptors (Lipinski definition) is 9. The van der Waals surface area contributed by atoms with Crippen LogP contribution in [0.15, 0.2) is 0 Å². The van der Waals surface area contributed by atoms with Crippen molar-refractivity contribution in [2.24, 2.45) is 47.3 Å². The summed E-state index contributed by atoms with van der Waals surface area (Å²) < 4.78 is 0.844. The van der Waals surface area contributed by atoms with Crippen LogP contribution in [0, 0.1) is 47.3 Å². The zero-order chi connectivity index (χ0) is 32.1. The highest BCUT2D eigenvalue weighted by atomic mass is 16.3. The lowest BCUT2D eigenvalue weighted by Gasteiger charge is -2.35. The molecule has 9 rings (SSSR count). The number of likely N-dealkylation sites (N-methyl/N-ethyl adjacent to an activating group) is 1. The lowest BCUT2D eigenvalue weighted by molar-refractivity contribution is -0.870. The summed E-state index contributed by atoms with van der Waals surface area (Å²) in [5.41, 5.74) is 0. The second kappa shape index (κ2) is 14.3. The fourth-order valence-corrected chi connectivity index (χ4v) is 12.3. The van der Waals surface area contributed by atoms with Crippen molar-refractivity contribution in [3.8, 4) is 0 Å². The molecular weight excluding hydrogens is 586 g/mol. The van der Waals surface area contributed by atoms with Gasteiger partial charge in [-0.15, -0.1) is 0 Å². The lowest BCUT2D eigenvalue weighted by atomic mass is 9.76. The summed E-state index contributed by atoms with van der Waals surface area (Å²) in [4.78, 5) is 0. The maximum atomic E-state index is 8.39. The van der Waals surface area contributed by atoms with Crippen molar-refractivity contribution < 1.29 is 9.59 Å². The van der Waals surface area contributed by atoms with E-state index in [1.165, 1.54) is 103 Å². The minimum Gasteiger partial charge on any atom is -0.391 e. The second-order valence-corrected chi connectivity index (χ2v) is 18.3. The van der Waals surface area contributed by atoms with Gasteiger partial charge in [-0.2, -0.15) is 0 Å². The summed E-state index contributed by atoms with van der Waals surface area (Å²) in [6, 6.07) is 0. The van der Waals surface area contributed by atoms with Crippen molar-refractivity contribution in [2.45, 2.75) is 152 Å². The number of hydrogen-bond donors (Lipinski definition) is 9. The molecule has 4 saturated carbocycles. The summed E-state index contributed by atoms with van der Waals surface area (Å²) in [6.45, 7) is 1.11. The van der Waals surface area contributed by atoms with Crippen molar-refractivity contribution in [2.75, 3.05) is 34.3 Å². The molecule has 9 aliphatic rings. The van der Waals surface area contributed by atoms with E-state index in [1.807, 2.05) is 0 Å². The number of aliphatic hydroxyl groups excluding tert-OH is 1. The first-order valence-electron chi connectivity index (χ1n) is 20.4. The number of nitrogens with one attached hydrogen (secondary N) is 8. The summed E-state index contributed by atoms with van der Waals surface area (Å²) in [6.07, 6.45) is 25.6. The van der Waals surface area contributed by atoms with Crippen molar-refractivity contribution in [3.63, 3.8) is 0 Å². The molecule has 5 heterocycles. The van der Waals surface area contributed by atoms with Crippen LogP contribution >= 0.6 is 0 Å². The van der Waals surface area contributed by atoms with Gasteiger partial charge in [-0.1, -0.05) is 51.4 Å². The van der Waals surface area contributed by atoms with E-state index in [0.717, 1.165) is 58.4 Å². The van der Waals surface area contributed by atoms with Crippen LogP contribution in [0.25, 0.3) is 0 Å². The van der Waals surface area contributed by atoms with Gasteiger partial charge in [0.15, 0.2) is 0 Å². The summed E-state index contributed by atoms with van der Waals surface area (Å²) >= 11 is 0. The average Bonchev–Trinajstić information content (AvgIpc) is 3.80. The van der Waals surface area contributed by atoms with Crippen LogP contribution in [-0.2, 0) is 0 Å². The predicted molar refractivity (Wildman–Crippen MR) is 187 cm³/mol. The molecule has 4 aliphatic carbocycles. The Bertz CT molecular complexity index is 834. The molecule has 0 radical (unpaired) electrons. The van der Waals surface area contributed by atoms with Crippen molar-refractivity contribution in [3.05, 3.63) is 0 Å². The van der Waals surface area contributed by atoms with Crippen LogP contribution in [0.2, 0.25) is 0 Å². The van der Waals surface area contributed by atoms with E-state index in [1.54, 1.807) is 0 Å². The minimum atomic E-state index is 0.281. The van der Waals surface area contributed by atoms with Gasteiger partial charge < -0.3 is 9.59 Å². The first-order chi connectivity index (χ1) is 22.9. The van der Waals surface area contributed by atoms with E-state index in [2.05, 4.69) is 63.7 Å². The highest BCUT2D eigenvalue weighted by Gasteiger charge is 2.54. The molecule has 5 saturated heterocycles. The fraction of sp³-hybridized carbons (Fsp3) is 1.00. The molecule has 9 N–H and O–H groups in total. The van der Waals surface area contributed by atoms with Gasteiger partial charge in [0.05, 0.1) is 77.1 Å². The summed E-state index contributed by atoms with van der Waals surface area (Å²) in [7, 11) is 6.16. The van der Waals surface area contributed by atoms with Gasteiger partial charge in [-0.3, -0.25) is 42.5 Å². The molecule has 9 fully saturated rings. The van der Waals surface area contributed by atoms with Gasteiger partial charge in [0.25, 0.3) is 0 Å². The summed E-state index contributed by atoms with van der Waals surface area (Å²) in [5, 5.41) is 42.2. The van der Waals surface area contributed by atoms with Crippen LogP contribution in [0.1, 0.15) is 103 Å². The maximum Gasteiger partial charge on any atom is 0.101 e. The van der Waals surface area contributed by atoms with E-state index in [9.17, 15) is 0 Å². The van der Waals surface area contributed by atoms with E-state index in [0.29, 0.717) is 49.3 Å². The van der Waals surface area contributed by atoms with Crippen LogP contribution < -0.4 is 42.5 Å². The number of aliphatic hydroxyl groups is 1. The molecule has 0 aromatic heterocycles. The highest BCUT2D eigenvalue weighted by Crippen LogP contribution is 2.45. The Morgan fingerprint density at radius 3 is 0.638 bits per heavy atom. The van der Waals surface area contributed by atoms with Gasteiger partial charge in [-0.25, -0.2) is 0 Å². The molecule has 47 heavy (non-hydrogen) atoms. The Morgan fingerprint density at radius 2 is 0.532 bits per heavy atom. The van der Waals surface area contributed by atoms with Gasteiger partial charge in [0.1, 0.15) is 6.54 Å². The molecule has 8 unspecified atom stereocenters. The molecule has 0 amide bonds. The standard InChI is InChI=1S/C32H56N8.C5H14NO/c1-2-10-18-17(9-1)25-33-26(18)38-28-21-13-5-6-14-22(21)30(35-28)40-32-24-16-8-7-15-23(24)31(36-32)39-29-20-12-4-3-11-19(20)27(34-29)37-25;1-6(2,3)4-5-7/h17-40H,1-16H2;7H,4-5H2,1-3H3/q;+1. The Balaban J connectivity index is 0.000000420. The topological polar surface area (TPSA) is 116 Å². The Morgan fingerprint density at radius 1 is 0.362 bits per heavy atom. The van der Waals surface area contributed by atoms with Gasteiger partial charge in [0.2, 0.25) is 0 Å². The first-order valence-corrected chi connectivity index (χ1v) is 20.4. The molecule has 8 atom stereocenters. The van der Waals surface area contributed by atoms with Crippen molar-refractivity contribution in [1.82, 2.24) is 42.5 Å². The predicted octanol–water partition coefficient (Wildman–Crippen LogP) is 2.29. The molecule has 268 valence electrons. The fourth-order valence-electron chi connectivity index (χ4n) is 12.3. The number of fused-ring (bicyclic) bond motifs is 20. The largest absolute Gasteiger partial charge is 0.391 e. The SMILES string of the molecule is C1CCC2C3NC(NC4NC(NC5NC(NC6NC(N3)C3CCCCC63)C3CCCCC53)C3CCCCC43)C2C1.C[N+](C)(C)CCO. The van der Waals surface area contributed by atoms with Gasteiger partial charge in [0, 0.05) is 0 Å². The normalized spacial score (nSPS) is 50.8. The molecule has 0 aromatic carbocycles. The lowest BCUT2D eigenvalue weighted by Crippen LogP contribution is -2.61. The third kappa shape index (κ3) is 6.96. The molecule has 5 aliphatic heterocycles. The number of rotatable bonds is 2. The molecular formula is C37H70N9O+. The monoisotopic (exact) mass is 657 g/mol. The van der Waals surface area contributed by atoms with Crippen LogP contribution in [0.5, 0.6) is 0 Å². The average molecular weight is 657 g/mol. The van der Waals surface area contributed by atoms with E-state index >= 15 is 0 Å². The first kappa shape index (κ1) is 33.7. The molecule has 0 spiro atoms. The minimum absolute atomic E-state index is 0.281.